The van der Waals surface area contributed by atoms with Gasteiger partial charge < -0.3 is 9.15 Å². The van der Waals surface area contributed by atoms with Crippen molar-refractivity contribution in [2.45, 2.75) is 17.9 Å². The Morgan fingerprint density at radius 1 is 1.02 bits per heavy atom. The molecule has 0 N–H and O–H groups in total. The maximum absolute atomic E-state index is 14.0. The van der Waals surface area contributed by atoms with Gasteiger partial charge in [0.05, 0.1) is 39.4 Å². The first-order valence-corrected chi connectivity index (χ1v) is 16.6. The second-order valence-electron chi connectivity index (χ2n) is 10.6. The Bertz CT molecular complexity index is 2310. The summed E-state index contributed by atoms with van der Waals surface area (Å²) in [5.41, 5.74) is 3.20. The van der Waals surface area contributed by atoms with Crippen LogP contribution in [-0.2, 0) is 23.0 Å². The summed E-state index contributed by atoms with van der Waals surface area (Å²) in [5, 5.41) is 6.12. The average Bonchev–Trinajstić information content (AvgIpc) is 3.52. The van der Waals surface area contributed by atoms with Crippen molar-refractivity contribution in [3.8, 4) is 5.75 Å². The molecule has 0 bridgehead atoms. The number of aromatic nitrogens is 1. The van der Waals surface area contributed by atoms with Crippen LogP contribution in [0.25, 0.3) is 21.2 Å². The van der Waals surface area contributed by atoms with E-state index in [4.69, 9.17) is 9.15 Å². The third-order valence-corrected chi connectivity index (χ3v) is 10.7. The number of amides is 1. The molecule has 0 unspecified atom stereocenters. The molecule has 1 aliphatic rings. The van der Waals surface area contributed by atoms with Crippen molar-refractivity contribution in [1.82, 2.24) is 9.29 Å². The molecule has 0 atom stereocenters. The summed E-state index contributed by atoms with van der Waals surface area (Å²) in [6.07, 6.45) is 3.18. The number of thiazole rings is 1. The average molecular weight is 651 g/mol. The standard InChI is InChI=1S/C34H26N4O6S2/c1-43-26-12-15-29-31(18-26)45-34(36-29)38(35-19-25-21-44-30-9-5-4-8-28(30)32(25)39)33(40)23-10-13-27(14-11-23)46(41,42)37-17-16-22-6-2-3-7-24(22)20-37/h2-15,18-19,21H,16-17,20H2,1H3/b35-19+. The predicted octanol–water partition coefficient (Wildman–Crippen LogP) is 5.84. The van der Waals surface area contributed by atoms with Crippen LogP contribution in [0.3, 0.4) is 0 Å². The zero-order valence-corrected chi connectivity index (χ0v) is 26.1. The number of nitrogens with zero attached hydrogens (tertiary/aromatic N) is 4. The van der Waals surface area contributed by atoms with E-state index >= 15 is 0 Å². The third kappa shape index (κ3) is 5.47. The largest absolute Gasteiger partial charge is 0.497 e. The van der Waals surface area contributed by atoms with E-state index in [-0.39, 0.29) is 33.1 Å². The first-order valence-electron chi connectivity index (χ1n) is 14.3. The Labute approximate surface area is 267 Å². The number of hydrazone groups is 1. The minimum Gasteiger partial charge on any atom is -0.497 e. The molecule has 1 aliphatic heterocycles. The number of hydrogen-bond acceptors (Lipinski definition) is 9. The molecular formula is C34H26N4O6S2. The highest BCUT2D eigenvalue weighted by atomic mass is 32.2. The summed E-state index contributed by atoms with van der Waals surface area (Å²) in [7, 11) is -2.24. The number of para-hydroxylation sites is 1. The fourth-order valence-electron chi connectivity index (χ4n) is 5.32. The summed E-state index contributed by atoms with van der Waals surface area (Å²) in [6, 6.07) is 25.8. The van der Waals surface area contributed by atoms with Crippen molar-refractivity contribution < 1.29 is 22.4 Å². The molecule has 6 aromatic rings. The number of fused-ring (bicyclic) bond motifs is 3. The van der Waals surface area contributed by atoms with Crippen LogP contribution in [0.5, 0.6) is 5.75 Å². The van der Waals surface area contributed by atoms with Crippen LogP contribution < -0.4 is 15.2 Å². The van der Waals surface area contributed by atoms with Crippen LogP contribution in [0.1, 0.15) is 27.0 Å². The lowest BCUT2D eigenvalue weighted by Gasteiger charge is -2.28. The molecule has 10 nitrogen and oxygen atoms in total. The fraction of sp³-hybridized carbons (Fsp3) is 0.118. The number of anilines is 1. The summed E-state index contributed by atoms with van der Waals surface area (Å²) >= 11 is 1.22. The molecule has 12 heteroatoms. The molecule has 230 valence electrons. The van der Waals surface area contributed by atoms with E-state index in [1.807, 2.05) is 24.3 Å². The van der Waals surface area contributed by atoms with Crippen molar-refractivity contribution in [2.24, 2.45) is 5.10 Å². The van der Waals surface area contributed by atoms with Crippen LogP contribution >= 0.6 is 11.3 Å². The maximum atomic E-state index is 14.0. The van der Waals surface area contributed by atoms with Gasteiger partial charge in [-0.15, -0.1) is 0 Å². The molecular weight excluding hydrogens is 625 g/mol. The van der Waals surface area contributed by atoms with Crippen LogP contribution in [0.4, 0.5) is 5.13 Å². The second-order valence-corrected chi connectivity index (χ2v) is 13.5. The quantitative estimate of drug-likeness (QED) is 0.157. The van der Waals surface area contributed by atoms with Gasteiger partial charge in [-0.3, -0.25) is 9.59 Å². The highest BCUT2D eigenvalue weighted by Gasteiger charge is 2.29. The van der Waals surface area contributed by atoms with Gasteiger partial charge in [-0.05, 0) is 72.1 Å². The summed E-state index contributed by atoms with van der Waals surface area (Å²) < 4.78 is 40.2. The third-order valence-electron chi connectivity index (χ3n) is 7.81. The van der Waals surface area contributed by atoms with Gasteiger partial charge in [0.1, 0.15) is 17.6 Å². The van der Waals surface area contributed by atoms with Gasteiger partial charge in [0.25, 0.3) is 5.91 Å². The van der Waals surface area contributed by atoms with Gasteiger partial charge in [0.2, 0.25) is 20.6 Å². The zero-order chi connectivity index (χ0) is 31.8. The zero-order valence-electron chi connectivity index (χ0n) is 24.5. The highest BCUT2D eigenvalue weighted by Crippen LogP contribution is 2.33. The monoisotopic (exact) mass is 650 g/mol. The van der Waals surface area contributed by atoms with E-state index in [9.17, 15) is 18.0 Å². The molecule has 7 rings (SSSR count). The maximum Gasteiger partial charge on any atom is 0.280 e. The van der Waals surface area contributed by atoms with E-state index in [2.05, 4.69) is 10.1 Å². The number of benzene rings is 4. The number of hydrogen-bond donors (Lipinski definition) is 0. The molecule has 2 aromatic heterocycles. The van der Waals surface area contributed by atoms with Gasteiger partial charge in [0.15, 0.2) is 0 Å². The molecule has 4 aromatic carbocycles. The second kappa shape index (κ2) is 12.0. The van der Waals surface area contributed by atoms with Crippen LogP contribution in [0, 0.1) is 0 Å². The first-order chi connectivity index (χ1) is 22.3. The normalized spacial score (nSPS) is 13.7. The summed E-state index contributed by atoms with van der Waals surface area (Å²) in [6.45, 7) is 0.653. The highest BCUT2D eigenvalue weighted by molar-refractivity contribution is 7.89. The van der Waals surface area contributed by atoms with Gasteiger partial charge in [0, 0.05) is 18.7 Å². The van der Waals surface area contributed by atoms with Crippen molar-refractivity contribution in [2.75, 3.05) is 18.7 Å². The van der Waals surface area contributed by atoms with E-state index in [0.717, 1.165) is 20.8 Å². The molecule has 3 heterocycles. The Balaban J connectivity index is 1.22. The molecule has 0 spiro atoms. The molecule has 0 saturated carbocycles. The molecule has 0 saturated heterocycles. The van der Waals surface area contributed by atoms with Crippen LogP contribution in [-0.4, -0.2) is 43.5 Å². The molecule has 0 radical (unpaired) electrons. The Kier molecular flexibility index (Phi) is 7.69. The lowest BCUT2D eigenvalue weighted by Crippen LogP contribution is -2.36. The van der Waals surface area contributed by atoms with E-state index in [1.54, 1.807) is 49.6 Å². The van der Waals surface area contributed by atoms with E-state index in [0.29, 0.717) is 35.2 Å². The van der Waals surface area contributed by atoms with Crippen molar-refractivity contribution in [3.63, 3.8) is 0 Å². The van der Waals surface area contributed by atoms with Gasteiger partial charge in [-0.25, -0.2) is 13.4 Å². The Morgan fingerprint density at radius 3 is 2.59 bits per heavy atom. The summed E-state index contributed by atoms with van der Waals surface area (Å²) in [5.74, 6) is 0.0649. The number of rotatable bonds is 7. The number of ether oxygens (including phenoxy) is 1. The van der Waals surface area contributed by atoms with Crippen LogP contribution in [0.15, 0.2) is 116 Å². The topological polar surface area (TPSA) is 122 Å². The Morgan fingerprint density at radius 2 is 1.78 bits per heavy atom. The van der Waals surface area contributed by atoms with Crippen molar-refractivity contribution in [1.29, 1.82) is 0 Å². The Hall–Kier alpha value is -5.17. The fourth-order valence-corrected chi connectivity index (χ4v) is 7.69. The number of carbonyl (C=O) groups excluding carboxylic acids is 1. The predicted molar refractivity (Wildman–Crippen MR) is 177 cm³/mol. The van der Waals surface area contributed by atoms with Gasteiger partial charge in [-0.2, -0.15) is 14.4 Å². The SMILES string of the molecule is COc1ccc2nc(N(/N=C/c3coc4ccccc4c3=O)C(=O)c3ccc(S(=O)(=O)N4CCc5ccccc5C4)cc3)sc2c1. The lowest BCUT2D eigenvalue weighted by atomic mass is 10.0. The van der Waals surface area contributed by atoms with Gasteiger partial charge >= 0.3 is 0 Å². The smallest absolute Gasteiger partial charge is 0.280 e. The molecule has 1 amide bonds. The molecule has 46 heavy (non-hydrogen) atoms. The van der Waals surface area contributed by atoms with E-state index < -0.39 is 15.9 Å². The summed E-state index contributed by atoms with van der Waals surface area (Å²) in [4.78, 5) is 31.8. The molecule has 0 fully saturated rings. The van der Waals surface area contributed by atoms with Crippen molar-refractivity contribution in [3.05, 3.63) is 130 Å². The van der Waals surface area contributed by atoms with Crippen LogP contribution in [0.2, 0.25) is 0 Å². The minimum atomic E-state index is -3.80. The van der Waals surface area contributed by atoms with Gasteiger partial charge in [-0.1, -0.05) is 47.7 Å². The number of methoxy groups -OCH3 is 1. The van der Waals surface area contributed by atoms with E-state index in [1.165, 1.54) is 52.4 Å². The number of sulfonamides is 1. The minimum absolute atomic E-state index is 0.0827. The van der Waals surface area contributed by atoms with Crippen molar-refractivity contribution >= 4 is 59.8 Å². The lowest BCUT2D eigenvalue weighted by molar-refractivity contribution is 0.0987. The molecule has 0 aliphatic carbocycles. The first kappa shape index (κ1) is 29.5. The number of carbonyl (C=O) groups is 1.